The minimum absolute atomic E-state index is 0.532. The van der Waals surface area contributed by atoms with Crippen molar-refractivity contribution in [2.24, 2.45) is 0 Å². The van der Waals surface area contributed by atoms with Crippen LogP contribution in [-0.4, -0.2) is 36.7 Å². The van der Waals surface area contributed by atoms with Crippen LogP contribution in [-0.2, 0) is 14.6 Å². The lowest BCUT2D eigenvalue weighted by Gasteiger charge is -2.11. The van der Waals surface area contributed by atoms with Gasteiger partial charge in [-0.1, -0.05) is 0 Å². The molecule has 1 N–H and O–H groups in total. The molecule has 0 rings (SSSR count). The van der Waals surface area contributed by atoms with E-state index in [1.807, 2.05) is 0 Å². The van der Waals surface area contributed by atoms with Crippen molar-refractivity contribution in [1.29, 1.82) is 0 Å². The molecule has 4 nitrogen and oxygen atoms in total. The fourth-order valence-electron chi connectivity index (χ4n) is 1.05. The summed E-state index contributed by atoms with van der Waals surface area (Å²) in [6, 6.07) is 0. The van der Waals surface area contributed by atoms with Crippen LogP contribution in [0.3, 0.4) is 0 Å². The van der Waals surface area contributed by atoms with Crippen LogP contribution in [0.2, 0.25) is 0 Å². The van der Waals surface area contributed by atoms with E-state index >= 15 is 0 Å². The Kier molecular flexibility index (Phi) is 5.24. The number of sulfone groups is 1. The summed E-state index contributed by atoms with van der Waals surface area (Å²) in [7, 11) is -3.76. The van der Waals surface area contributed by atoms with Crippen LogP contribution in [0.5, 0.6) is 0 Å². The molecular formula is C8H13F3O4S. The van der Waals surface area contributed by atoms with Crippen molar-refractivity contribution >= 4 is 15.8 Å². The molecule has 16 heavy (non-hydrogen) atoms. The molecule has 0 aliphatic carbocycles. The van der Waals surface area contributed by atoms with Gasteiger partial charge in [-0.25, -0.2) is 8.42 Å². The van der Waals surface area contributed by atoms with E-state index in [1.54, 1.807) is 0 Å². The summed E-state index contributed by atoms with van der Waals surface area (Å²) in [5, 5.41) is 7.20. The van der Waals surface area contributed by atoms with Gasteiger partial charge in [-0.3, -0.25) is 4.79 Å². The van der Waals surface area contributed by atoms with Crippen molar-refractivity contribution in [1.82, 2.24) is 0 Å². The highest BCUT2D eigenvalue weighted by molar-refractivity contribution is 7.92. The average Bonchev–Trinajstić information content (AvgIpc) is 1.99. The molecule has 0 saturated carbocycles. The first kappa shape index (κ1) is 15.2. The first-order chi connectivity index (χ1) is 7.04. The predicted octanol–water partition coefficient (Wildman–Crippen LogP) is 1.61. The fourth-order valence-corrected chi connectivity index (χ4v) is 2.39. The van der Waals surface area contributed by atoms with Gasteiger partial charge in [0, 0.05) is 6.42 Å². The molecule has 96 valence electrons. The van der Waals surface area contributed by atoms with Crippen LogP contribution in [0.1, 0.15) is 26.2 Å². The zero-order valence-electron chi connectivity index (χ0n) is 8.62. The standard InChI is InChI=1S/C8H13F3O4S/c1-6(5-7(12)13)16(14,15)4-2-3-8(9,10)11/h6H,2-5H2,1H3,(H,12,13). The summed E-state index contributed by atoms with van der Waals surface area (Å²) in [4.78, 5) is 10.2. The van der Waals surface area contributed by atoms with Gasteiger partial charge in [0.1, 0.15) is 0 Å². The number of carbonyl (C=O) groups is 1. The second kappa shape index (κ2) is 5.51. The van der Waals surface area contributed by atoms with Gasteiger partial charge in [0.15, 0.2) is 9.84 Å². The van der Waals surface area contributed by atoms with Crippen molar-refractivity contribution in [2.75, 3.05) is 5.75 Å². The van der Waals surface area contributed by atoms with E-state index in [9.17, 15) is 26.4 Å². The van der Waals surface area contributed by atoms with Crippen molar-refractivity contribution < 1.29 is 31.5 Å². The molecule has 8 heteroatoms. The minimum atomic E-state index is -4.38. The van der Waals surface area contributed by atoms with Gasteiger partial charge in [-0.15, -0.1) is 0 Å². The van der Waals surface area contributed by atoms with Gasteiger partial charge >= 0.3 is 12.1 Å². The van der Waals surface area contributed by atoms with Crippen molar-refractivity contribution in [3.05, 3.63) is 0 Å². The molecule has 0 aliphatic heterocycles. The third-order valence-electron chi connectivity index (χ3n) is 1.96. The molecule has 0 bridgehead atoms. The van der Waals surface area contributed by atoms with Gasteiger partial charge in [0.05, 0.1) is 17.4 Å². The number of hydrogen-bond donors (Lipinski definition) is 1. The SMILES string of the molecule is CC(CC(=O)O)S(=O)(=O)CCCC(F)(F)F. The lowest BCUT2D eigenvalue weighted by atomic mass is 10.3. The Morgan fingerprint density at radius 1 is 1.38 bits per heavy atom. The van der Waals surface area contributed by atoms with Gasteiger partial charge in [-0.05, 0) is 13.3 Å². The Bertz CT molecular complexity index is 334. The van der Waals surface area contributed by atoms with Gasteiger partial charge < -0.3 is 5.11 Å². The number of aliphatic carboxylic acids is 1. The molecule has 0 amide bonds. The number of carboxylic acids is 1. The number of alkyl halides is 3. The van der Waals surface area contributed by atoms with Crippen LogP contribution in [0.4, 0.5) is 13.2 Å². The second-order valence-corrected chi connectivity index (χ2v) is 6.03. The number of hydrogen-bond acceptors (Lipinski definition) is 3. The molecule has 0 aromatic carbocycles. The molecule has 0 aromatic heterocycles. The monoisotopic (exact) mass is 262 g/mol. The Labute approximate surface area is 91.4 Å². The molecule has 0 spiro atoms. The lowest BCUT2D eigenvalue weighted by molar-refractivity contribution is -0.137. The van der Waals surface area contributed by atoms with Crippen LogP contribution in [0, 0.1) is 0 Å². The third-order valence-corrected chi connectivity index (χ3v) is 4.21. The number of carboxylic acid groups (broad SMARTS) is 1. The maximum absolute atomic E-state index is 11.8. The molecule has 0 heterocycles. The van der Waals surface area contributed by atoms with Crippen LogP contribution in [0.15, 0.2) is 0 Å². The highest BCUT2D eigenvalue weighted by Crippen LogP contribution is 2.22. The molecule has 0 aromatic rings. The van der Waals surface area contributed by atoms with E-state index in [-0.39, 0.29) is 0 Å². The Hall–Kier alpha value is -0.790. The first-order valence-electron chi connectivity index (χ1n) is 4.55. The van der Waals surface area contributed by atoms with Crippen LogP contribution >= 0.6 is 0 Å². The van der Waals surface area contributed by atoms with Crippen LogP contribution < -0.4 is 0 Å². The molecule has 1 unspecified atom stereocenters. The van der Waals surface area contributed by atoms with E-state index < -0.39 is 52.2 Å². The summed E-state index contributed by atoms with van der Waals surface area (Å²) in [5.74, 6) is -1.92. The normalized spacial score (nSPS) is 14.8. The first-order valence-corrected chi connectivity index (χ1v) is 6.26. The van der Waals surface area contributed by atoms with E-state index in [1.165, 1.54) is 6.92 Å². The highest BCUT2D eigenvalue weighted by atomic mass is 32.2. The lowest BCUT2D eigenvalue weighted by Crippen LogP contribution is -2.24. The predicted molar refractivity (Wildman–Crippen MR) is 50.8 cm³/mol. The molecule has 0 aliphatic rings. The fraction of sp³-hybridized carbons (Fsp3) is 0.875. The number of rotatable bonds is 6. The maximum Gasteiger partial charge on any atom is 0.389 e. The Balaban J connectivity index is 4.20. The highest BCUT2D eigenvalue weighted by Gasteiger charge is 2.29. The second-order valence-electron chi connectivity index (χ2n) is 3.49. The van der Waals surface area contributed by atoms with Gasteiger partial charge in [-0.2, -0.15) is 13.2 Å². The zero-order chi connectivity index (χ0) is 13.0. The molecule has 0 saturated heterocycles. The molecular weight excluding hydrogens is 249 g/mol. The van der Waals surface area contributed by atoms with E-state index in [0.29, 0.717) is 0 Å². The number of halogens is 3. The Morgan fingerprint density at radius 2 is 1.88 bits per heavy atom. The van der Waals surface area contributed by atoms with Crippen LogP contribution in [0.25, 0.3) is 0 Å². The summed E-state index contributed by atoms with van der Waals surface area (Å²) in [6.45, 7) is 1.18. The van der Waals surface area contributed by atoms with Crippen molar-refractivity contribution in [3.8, 4) is 0 Å². The maximum atomic E-state index is 11.8. The van der Waals surface area contributed by atoms with Gasteiger partial charge in [0.2, 0.25) is 0 Å². The summed E-state index contributed by atoms with van der Waals surface area (Å²) >= 11 is 0. The van der Waals surface area contributed by atoms with Gasteiger partial charge in [0.25, 0.3) is 0 Å². The topological polar surface area (TPSA) is 71.4 Å². The largest absolute Gasteiger partial charge is 0.481 e. The smallest absolute Gasteiger partial charge is 0.389 e. The quantitative estimate of drug-likeness (QED) is 0.789. The zero-order valence-corrected chi connectivity index (χ0v) is 9.44. The van der Waals surface area contributed by atoms with Crippen molar-refractivity contribution in [3.63, 3.8) is 0 Å². The van der Waals surface area contributed by atoms with E-state index in [4.69, 9.17) is 5.11 Å². The third kappa shape index (κ3) is 6.65. The average molecular weight is 262 g/mol. The van der Waals surface area contributed by atoms with Crippen molar-refractivity contribution in [2.45, 2.75) is 37.6 Å². The minimum Gasteiger partial charge on any atom is -0.481 e. The Morgan fingerprint density at radius 3 is 2.25 bits per heavy atom. The molecule has 0 radical (unpaired) electrons. The summed E-state index contributed by atoms with van der Waals surface area (Å²) < 4.78 is 57.9. The van der Waals surface area contributed by atoms with E-state index in [2.05, 4.69) is 0 Å². The molecule has 1 atom stereocenters. The summed E-state index contributed by atoms with van der Waals surface area (Å²) in [6.07, 6.45) is -6.68. The summed E-state index contributed by atoms with van der Waals surface area (Å²) in [5.41, 5.74) is 0. The molecule has 0 fully saturated rings. The van der Waals surface area contributed by atoms with E-state index in [0.717, 1.165) is 0 Å².